The van der Waals surface area contributed by atoms with Gasteiger partial charge in [-0.1, -0.05) is 12.1 Å². The molecule has 5 rings (SSSR count). The SMILES string of the molecule is CC(=O)N1c2ccc(-c3cnn(C4CC4)c3)cc2N(C(=O)Oc2cc(C)ccc2F)C[C@@H]1C. The summed E-state index contributed by atoms with van der Waals surface area (Å²) in [4.78, 5) is 28.7. The van der Waals surface area contributed by atoms with Crippen LogP contribution in [-0.2, 0) is 4.79 Å². The number of aromatic nitrogens is 2. The second-order valence-corrected chi connectivity index (χ2v) is 8.79. The van der Waals surface area contributed by atoms with Gasteiger partial charge in [-0.2, -0.15) is 5.10 Å². The highest BCUT2D eigenvalue weighted by molar-refractivity contribution is 6.03. The molecule has 1 aliphatic carbocycles. The highest BCUT2D eigenvalue weighted by Gasteiger charge is 2.35. The molecule has 2 aromatic carbocycles. The van der Waals surface area contributed by atoms with E-state index >= 15 is 0 Å². The van der Waals surface area contributed by atoms with Crippen molar-refractivity contribution in [3.63, 3.8) is 0 Å². The first-order valence-electron chi connectivity index (χ1n) is 11.1. The van der Waals surface area contributed by atoms with Gasteiger partial charge in [0.1, 0.15) is 0 Å². The van der Waals surface area contributed by atoms with Crippen molar-refractivity contribution in [2.24, 2.45) is 0 Å². The normalized spacial score (nSPS) is 17.6. The largest absolute Gasteiger partial charge is 0.419 e. The summed E-state index contributed by atoms with van der Waals surface area (Å²) in [6.07, 6.45) is 5.37. The molecule has 0 radical (unpaired) electrons. The van der Waals surface area contributed by atoms with Crippen LogP contribution < -0.4 is 14.5 Å². The van der Waals surface area contributed by atoms with Crippen LogP contribution in [0.15, 0.2) is 48.8 Å². The van der Waals surface area contributed by atoms with Gasteiger partial charge in [0.2, 0.25) is 5.91 Å². The number of fused-ring (bicyclic) bond motifs is 1. The minimum atomic E-state index is -0.693. The van der Waals surface area contributed by atoms with Gasteiger partial charge < -0.3 is 9.64 Å². The van der Waals surface area contributed by atoms with Crippen LogP contribution in [0.5, 0.6) is 5.75 Å². The van der Waals surface area contributed by atoms with E-state index in [4.69, 9.17) is 4.74 Å². The van der Waals surface area contributed by atoms with Gasteiger partial charge in [0.25, 0.3) is 0 Å². The number of halogens is 1. The first-order chi connectivity index (χ1) is 15.8. The van der Waals surface area contributed by atoms with E-state index in [1.807, 2.05) is 36.0 Å². The maximum Gasteiger partial charge on any atom is 0.419 e. The second-order valence-electron chi connectivity index (χ2n) is 8.79. The van der Waals surface area contributed by atoms with Crippen molar-refractivity contribution in [1.29, 1.82) is 0 Å². The Morgan fingerprint density at radius 1 is 1.09 bits per heavy atom. The first-order valence-corrected chi connectivity index (χ1v) is 11.1. The zero-order valence-corrected chi connectivity index (χ0v) is 18.8. The van der Waals surface area contributed by atoms with Crippen LogP contribution in [0.1, 0.15) is 38.3 Å². The molecule has 3 aromatic rings. The Morgan fingerprint density at radius 2 is 1.88 bits per heavy atom. The quantitative estimate of drug-likeness (QED) is 0.560. The fourth-order valence-electron chi connectivity index (χ4n) is 4.32. The smallest absolute Gasteiger partial charge is 0.407 e. The molecule has 1 atom stereocenters. The van der Waals surface area contributed by atoms with E-state index in [0.29, 0.717) is 17.4 Å². The molecule has 8 heteroatoms. The van der Waals surface area contributed by atoms with Crippen molar-refractivity contribution in [2.75, 3.05) is 16.3 Å². The lowest BCUT2D eigenvalue weighted by Crippen LogP contribution is -2.52. The minimum Gasteiger partial charge on any atom is -0.407 e. The van der Waals surface area contributed by atoms with Crippen LogP contribution in [0.2, 0.25) is 0 Å². The first kappa shape index (κ1) is 21.2. The molecular weight excluding hydrogens is 423 g/mol. The summed E-state index contributed by atoms with van der Waals surface area (Å²) in [7, 11) is 0. The molecule has 33 heavy (non-hydrogen) atoms. The third-order valence-corrected chi connectivity index (χ3v) is 6.11. The average molecular weight is 448 g/mol. The molecule has 0 spiro atoms. The van der Waals surface area contributed by atoms with Gasteiger partial charge in [-0.25, -0.2) is 9.18 Å². The van der Waals surface area contributed by atoms with Gasteiger partial charge in [-0.05, 0) is 62.1 Å². The zero-order valence-electron chi connectivity index (χ0n) is 18.8. The predicted molar refractivity (Wildman–Crippen MR) is 123 cm³/mol. The van der Waals surface area contributed by atoms with E-state index in [1.165, 1.54) is 24.0 Å². The van der Waals surface area contributed by atoms with Gasteiger partial charge in [0.15, 0.2) is 11.6 Å². The number of nitrogens with zero attached hydrogens (tertiary/aromatic N) is 4. The summed E-state index contributed by atoms with van der Waals surface area (Å²) >= 11 is 0. The van der Waals surface area contributed by atoms with Gasteiger partial charge in [-0.3, -0.25) is 14.4 Å². The number of rotatable bonds is 3. The highest BCUT2D eigenvalue weighted by atomic mass is 19.1. The lowest BCUT2D eigenvalue weighted by Gasteiger charge is -2.40. The van der Waals surface area contributed by atoms with E-state index < -0.39 is 11.9 Å². The maximum atomic E-state index is 14.2. The Morgan fingerprint density at radius 3 is 2.61 bits per heavy atom. The second kappa shape index (κ2) is 8.03. The molecular formula is C25H25FN4O3. The van der Waals surface area contributed by atoms with Crippen LogP contribution in [0.4, 0.5) is 20.6 Å². The van der Waals surface area contributed by atoms with E-state index in [1.54, 1.807) is 24.1 Å². The fourth-order valence-corrected chi connectivity index (χ4v) is 4.32. The van der Waals surface area contributed by atoms with Crippen LogP contribution in [0.25, 0.3) is 11.1 Å². The minimum absolute atomic E-state index is 0.115. The van der Waals surface area contributed by atoms with E-state index in [2.05, 4.69) is 5.10 Å². The topological polar surface area (TPSA) is 67.7 Å². The number of aryl methyl sites for hydroxylation is 1. The van der Waals surface area contributed by atoms with Gasteiger partial charge in [-0.15, -0.1) is 0 Å². The molecule has 2 aliphatic rings. The van der Waals surface area contributed by atoms with Crippen molar-refractivity contribution in [2.45, 2.75) is 45.7 Å². The van der Waals surface area contributed by atoms with Crippen molar-refractivity contribution in [1.82, 2.24) is 9.78 Å². The Labute approximate surface area is 191 Å². The van der Waals surface area contributed by atoms with Crippen molar-refractivity contribution < 1.29 is 18.7 Å². The third-order valence-electron chi connectivity index (χ3n) is 6.11. The number of hydrogen-bond acceptors (Lipinski definition) is 4. The third kappa shape index (κ3) is 3.97. The molecule has 1 aromatic heterocycles. The van der Waals surface area contributed by atoms with Crippen LogP contribution >= 0.6 is 0 Å². The van der Waals surface area contributed by atoms with Crippen LogP contribution in [0.3, 0.4) is 0 Å². The molecule has 2 heterocycles. The molecule has 170 valence electrons. The Kier molecular flexibility index (Phi) is 5.15. The van der Waals surface area contributed by atoms with E-state index in [-0.39, 0.29) is 24.2 Å². The summed E-state index contributed by atoms with van der Waals surface area (Å²) < 4.78 is 21.6. The maximum absolute atomic E-state index is 14.2. The number of carbonyl (C=O) groups is 2. The summed E-state index contributed by atoms with van der Waals surface area (Å²) in [6.45, 7) is 5.40. The standard InChI is InChI=1S/C25H25FN4O3/c1-15-4-8-21(26)24(10-15)33-25(32)28-13-16(2)30(17(3)31)22-9-5-18(11-23(22)28)19-12-27-29(14-19)20-6-7-20/h4-5,8-12,14,16,20H,6-7,13H2,1-3H3/t16-/m0/s1. The Hall–Kier alpha value is -3.68. The summed E-state index contributed by atoms with van der Waals surface area (Å²) in [5, 5.41) is 4.46. The number of carbonyl (C=O) groups excluding carboxylic acids is 2. The summed E-state index contributed by atoms with van der Waals surface area (Å²) in [5.41, 5.74) is 3.73. The zero-order chi connectivity index (χ0) is 23.3. The molecule has 7 nitrogen and oxygen atoms in total. The molecule has 0 unspecified atom stereocenters. The fraction of sp³-hybridized carbons (Fsp3) is 0.320. The molecule has 1 fully saturated rings. The van der Waals surface area contributed by atoms with Gasteiger partial charge in [0, 0.05) is 25.2 Å². The number of anilines is 2. The molecule has 2 amide bonds. The molecule has 0 bridgehead atoms. The molecule has 0 saturated heterocycles. The van der Waals surface area contributed by atoms with E-state index in [0.717, 1.165) is 29.5 Å². The van der Waals surface area contributed by atoms with Gasteiger partial charge >= 0.3 is 6.09 Å². The predicted octanol–water partition coefficient (Wildman–Crippen LogP) is 5.09. The Bertz CT molecular complexity index is 1250. The number of benzene rings is 2. The van der Waals surface area contributed by atoms with Crippen molar-refractivity contribution in [3.8, 4) is 16.9 Å². The molecule has 0 N–H and O–H groups in total. The number of hydrogen-bond donors (Lipinski definition) is 0. The summed E-state index contributed by atoms with van der Waals surface area (Å²) in [5.74, 6) is -0.841. The van der Waals surface area contributed by atoms with Crippen molar-refractivity contribution >= 4 is 23.4 Å². The van der Waals surface area contributed by atoms with Crippen LogP contribution in [-0.4, -0.2) is 34.4 Å². The highest BCUT2D eigenvalue weighted by Crippen LogP contribution is 2.40. The number of amides is 2. The van der Waals surface area contributed by atoms with E-state index in [9.17, 15) is 14.0 Å². The number of ether oxygens (including phenoxy) is 1. The van der Waals surface area contributed by atoms with Crippen molar-refractivity contribution in [3.05, 3.63) is 60.2 Å². The molecule has 1 aliphatic heterocycles. The Balaban J connectivity index is 1.53. The lowest BCUT2D eigenvalue weighted by atomic mass is 10.0. The van der Waals surface area contributed by atoms with Crippen LogP contribution in [0, 0.1) is 12.7 Å². The average Bonchev–Trinajstić information content (AvgIpc) is 3.51. The van der Waals surface area contributed by atoms with Gasteiger partial charge in [0.05, 0.1) is 29.7 Å². The summed E-state index contributed by atoms with van der Waals surface area (Å²) in [6, 6.07) is 10.2. The molecule has 1 saturated carbocycles. The lowest BCUT2D eigenvalue weighted by molar-refractivity contribution is -0.117. The monoisotopic (exact) mass is 448 g/mol.